The zero-order valence-corrected chi connectivity index (χ0v) is 13.9. The molecule has 0 unspecified atom stereocenters. The van der Waals surface area contributed by atoms with E-state index in [1.165, 1.54) is 17.8 Å². The molecule has 1 aromatic heterocycles. The van der Waals surface area contributed by atoms with Gasteiger partial charge in [-0.3, -0.25) is 4.79 Å². The van der Waals surface area contributed by atoms with Crippen LogP contribution in [0, 0.1) is 5.82 Å². The van der Waals surface area contributed by atoms with Gasteiger partial charge in [-0.2, -0.15) is 0 Å². The molecule has 0 bridgehead atoms. The monoisotopic (exact) mass is 385 g/mol. The van der Waals surface area contributed by atoms with Crippen molar-refractivity contribution in [2.75, 3.05) is 5.75 Å². The third-order valence-electron chi connectivity index (χ3n) is 3.17. The van der Waals surface area contributed by atoms with E-state index in [0.717, 1.165) is 17.3 Å². The van der Waals surface area contributed by atoms with Gasteiger partial charge in [-0.25, -0.2) is 9.07 Å². The van der Waals surface area contributed by atoms with Crippen LogP contribution in [0.25, 0.3) is 0 Å². The molecule has 1 saturated carbocycles. The highest BCUT2D eigenvalue weighted by Gasteiger charge is 2.28. The second-order valence-electron chi connectivity index (χ2n) is 4.94. The molecule has 2 aromatic rings. The molecule has 0 atom stereocenters. The molecule has 1 amide bonds. The largest absolute Gasteiger partial charge is 0.351 e. The number of tetrazole rings is 1. The number of aromatic nitrogens is 4. The summed E-state index contributed by atoms with van der Waals surface area (Å²) in [6.07, 6.45) is 2.15. The first-order valence-electron chi connectivity index (χ1n) is 6.75. The van der Waals surface area contributed by atoms with E-state index in [9.17, 15) is 9.18 Å². The van der Waals surface area contributed by atoms with Crippen molar-refractivity contribution in [2.24, 2.45) is 0 Å². The normalized spacial score (nSPS) is 14.1. The minimum atomic E-state index is -0.339. The number of hydrogen-bond acceptors (Lipinski definition) is 5. The Morgan fingerprint density at radius 1 is 1.50 bits per heavy atom. The van der Waals surface area contributed by atoms with E-state index < -0.39 is 0 Å². The Bertz CT molecular complexity index is 691. The lowest BCUT2D eigenvalue weighted by Gasteiger charge is -2.07. The van der Waals surface area contributed by atoms with Gasteiger partial charge < -0.3 is 5.32 Å². The fourth-order valence-electron chi connectivity index (χ4n) is 1.88. The number of carbonyl (C=O) groups excluding carboxylic acids is 1. The molecule has 1 aliphatic carbocycles. The molecule has 1 N–H and O–H groups in total. The second-order valence-corrected chi connectivity index (χ2v) is 6.80. The SMILES string of the molecule is O=C(CSc1nnnn1C1CC1)NCc1cc(Br)ccc1F. The van der Waals surface area contributed by atoms with Crippen molar-refractivity contribution in [1.29, 1.82) is 0 Å². The van der Waals surface area contributed by atoms with Gasteiger partial charge in [-0.1, -0.05) is 27.7 Å². The molecule has 1 fully saturated rings. The molecule has 0 spiro atoms. The molecular weight excluding hydrogens is 373 g/mol. The van der Waals surface area contributed by atoms with Gasteiger partial charge in [0.25, 0.3) is 0 Å². The van der Waals surface area contributed by atoms with Gasteiger partial charge in [0.05, 0.1) is 11.8 Å². The second kappa shape index (κ2) is 6.74. The van der Waals surface area contributed by atoms with E-state index in [4.69, 9.17) is 0 Å². The third kappa shape index (κ3) is 3.83. The van der Waals surface area contributed by atoms with Crippen LogP contribution in [0.4, 0.5) is 4.39 Å². The molecule has 1 aromatic carbocycles. The Labute approximate surface area is 139 Å². The first kappa shape index (κ1) is 15.4. The van der Waals surface area contributed by atoms with E-state index in [1.54, 1.807) is 16.8 Å². The molecule has 3 rings (SSSR count). The summed E-state index contributed by atoms with van der Waals surface area (Å²) in [7, 11) is 0. The smallest absolute Gasteiger partial charge is 0.230 e. The fourth-order valence-corrected chi connectivity index (χ4v) is 3.07. The number of nitrogens with one attached hydrogen (secondary N) is 1. The van der Waals surface area contributed by atoms with Crippen LogP contribution in [0.2, 0.25) is 0 Å². The van der Waals surface area contributed by atoms with E-state index in [2.05, 4.69) is 36.8 Å². The zero-order chi connectivity index (χ0) is 15.5. The van der Waals surface area contributed by atoms with Crippen molar-refractivity contribution >= 4 is 33.6 Å². The van der Waals surface area contributed by atoms with E-state index >= 15 is 0 Å². The first-order chi connectivity index (χ1) is 10.6. The maximum atomic E-state index is 13.6. The van der Waals surface area contributed by atoms with E-state index in [1.807, 2.05) is 0 Å². The number of rotatable bonds is 6. The van der Waals surface area contributed by atoms with Gasteiger partial charge >= 0.3 is 0 Å². The standard InChI is InChI=1S/C13H13BrFN5OS/c14-9-1-4-11(15)8(5-9)6-16-12(21)7-22-13-17-18-19-20(13)10-2-3-10/h1,4-5,10H,2-3,6-7H2,(H,16,21). The average Bonchev–Trinajstić information content (AvgIpc) is 3.24. The minimum absolute atomic E-state index is 0.151. The number of nitrogens with zero attached hydrogens (tertiary/aromatic N) is 4. The van der Waals surface area contributed by atoms with Gasteiger partial charge in [-0.05, 0) is 41.5 Å². The summed E-state index contributed by atoms with van der Waals surface area (Å²) < 4.78 is 16.1. The predicted molar refractivity (Wildman–Crippen MR) is 82.8 cm³/mol. The van der Waals surface area contributed by atoms with Gasteiger partial charge in [0.15, 0.2) is 0 Å². The van der Waals surface area contributed by atoms with Crippen molar-refractivity contribution in [2.45, 2.75) is 30.6 Å². The van der Waals surface area contributed by atoms with Crippen LogP contribution in [0.3, 0.4) is 0 Å². The molecular formula is C13H13BrFN5OS. The minimum Gasteiger partial charge on any atom is -0.351 e. The molecule has 0 saturated heterocycles. The predicted octanol–water partition coefficient (Wildman–Crippen LogP) is 2.32. The Kier molecular flexibility index (Phi) is 4.72. The lowest BCUT2D eigenvalue weighted by molar-refractivity contribution is -0.118. The third-order valence-corrected chi connectivity index (χ3v) is 4.60. The lowest BCUT2D eigenvalue weighted by atomic mass is 10.2. The maximum Gasteiger partial charge on any atom is 0.230 e. The van der Waals surface area contributed by atoms with E-state index in [0.29, 0.717) is 16.8 Å². The molecule has 1 heterocycles. The summed E-state index contributed by atoms with van der Waals surface area (Å²) in [6, 6.07) is 5.01. The molecule has 116 valence electrons. The van der Waals surface area contributed by atoms with E-state index in [-0.39, 0.29) is 24.0 Å². The van der Waals surface area contributed by atoms with Gasteiger partial charge in [-0.15, -0.1) is 5.10 Å². The summed E-state index contributed by atoms with van der Waals surface area (Å²) in [5.41, 5.74) is 0.440. The summed E-state index contributed by atoms with van der Waals surface area (Å²) >= 11 is 4.56. The van der Waals surface area contributed by atoms with Gasteiger partial charge in [0, 0.05) is 16.6 Å². The van der Waals surface area contributed by atoms with Crippen LogP contribution in [0.1, 0.15) is 24.4 Å². The number of hydrogen-bond donors (Lipinski definition) is 1. The number of amides is 1. The summed E-state index contributed by atoms with van der Waals surface area (Å²) in [4.78, 5) is 11.9. The average molecular weight is 386 g/mol. The zero-order valence-electron chi connectivity index (χ0n) is 11.5. The summed E-state index contributed by atoms with van der Waals surface area (Å²) in [5.74, 6) is -0.327. The lowest BCUT2D eigenvalue weighted by Crippen LogP contribution is -2.25. The Morgan fingerprint density at radius 2 is 2.32 bits per heavy atom. The van der Waals surface area contributed by atoms with Crippen molar-refractivity contribution in [3.05, 3.63) is 34.1 Å². The van der Waals surface area contributed by atoms with Crippen LogP contribution in [-0.2, 0) is 11.3 Å². The number of carbonyl (C=O) groups is 1. The van der Waals surface area contributed by atoms with Crippen molar-refractivity contribution < 1.29 is 9.18 Å². The maximum absolute atomic E-state index is 13.6. The number of halogens is 2. The van der Waals surface area contributed by atoms with Gasteiger partial charge in [0.2, 0.25) is 11.1 Å². The molecule has 0 aliphatic heterocycles. The molecule has 22 heavy (non-hydrogen) atoms. The Hall–Kier alpha value is -1.48. The fraction of sp³-hybridized carbons (Fsp3) is 0.385. The Morgan fingerprint density at radius 3 is 3.09 bits per heavy atom. The van der Waals surface area contributed by atoms with Gasteiger partial charge in [0.1, 0.15) is 5.82 Å². The molecule has 6 nitrogen and oxygen atoms in total. The van der Waals surface area contributed by atoms with Crippen LogP contribution in [0.15, 0.2) is 27.8 Å². The molecule has 1 aliphatic rings. The Balaban J connectivity index is 1.50. The van der Waals surface area contributed by atoms with Crippen LogP contribution in [0.5, 0.6) is 0 Å². The van der Waals surface area contributed by atoms with Crippen LogP contribution >= 0.6 is 27.7 Å². The molecule has 9 heteroatoms. The summed E-state index contributed by atoms with van der Waals surface area (Å²) in [6.45, 7) is 0.151. The number of benzene rings is 1. The first-order valence-corrected chi connectivity index (χ1v) is 8.52. The highest BCUT2D eigenvalue weighted by Crippen LogP contribution is 2.36. The van der Waals surface area contributed by atoms with Crippen molar-refractivity contribution in [3.63, 3.8) is 0 Å². The van der Waals surface area contributed by atoms with Crippen molar-refractivity contribution in [3.8, 4) is 0 Å². The highest BCUT2D eigenvalue weighted by molar-refractivity contribution is 9.10. The molecule has 0 radical (unpaired) electrons. The van der Waals surface area contributed by atoms with Crippen molar-refractivity contribution in [1.82, 2.24) is 25.5 Å². The van der Waals surface area contributed by atoms with Crippen LogP contribution < -0.4 is 5.32 Å². The highest BCUT2D eigenvalue weighted by atomic mass is 79.9. The number of thioether (sulfide) groups is 1. The quantitative estimate of drug-likeness (QED) is 0.772. The summed E-state index contributed by atoms with van der Waals surface area (Å²) in [5, 5.41) is 14.8. The van der Waals surface area contributed by atoms with Crippen LogP contribution in [-0.4, -0.2) is 31.9 Å². The topological polar surface area (TPSA) is 72.7 Å².